The van der Waals surface area contributed by atoms with E-state index in [4.69, 9.17) is 10.5 Å². The first-order chi connectivity index (χ1) is 7.35. The maximum absolute atomic E-state index is 11.3. The Morgan fingerprint density at radius 2 is 1.94 bits per heavy atom. The summed E-state index contributed by atoms with van der Waals surface area (Å²) in [5.41, 5.74) is 5.30. The standard InChI is InChI=1S/C12H26N2O2/c1-5-6-7-8-9-10(13)14-11(15)16-12(2,3)4/h10H,5-9,13H2,1-4H3,(H,14,15). The molecule has 1 amide bonds. The third kappa shape index (κ3) is 9.77. The Balaban J connectivity index is 3.62. The van der Waals surface area contributed by atoms with Gasteiger partial charge in [-0.3, -0.25) is 0 Å². The number of hydrogen-bond donors (Lipinski definition) is 2. The number of rotatable bonds is 6. The highest BCUT2D eigenvalue weighted by Crippen LogP contribution is 2.07. The average Bonchev–Trinajstić information content (AvgIpc) is 2.09. The number of ether oxygens (including phenoxy) is 1. The van der Waals surface area contributed by atoms with E-state index >= 15 is 0 Å². The monoisotopic (exact) mass is 230 g/mol. The molecule has 0 radical (unpaired) electrons. The van der Waals surface area contributed by atoms with E-state index in [1.807, 2.05) is 20.8 Å². The van der Waals surface area contributed by atoms with Gasteiger partial charge < -0.3 is 15.8 Å². The van der Waals surface area contributed by atoms with Crippen molar-refractivity contribution in [2.45, 2.75) is 71.6 Å². The molecule has 1 atom stereocenters. The van der Waals surface area contributed by atoms with Crippen molar-refractivity contribution < 1.29 is 9.53 Å². The van der Waals surface area contributed by atoms with Gasteiger partial charge in [-0.25, -0.2) is 4.79 Å². The smallest absolute Gasteiger partial charge is 0.408 e. The van der Waals surface area contributed by atoms with Gasteiger partial charge in [-0.15, -0.1) is 0 Å². The van der Waals surface area contributed by atoms with Gasteiger partial charge in [0.05, 0.1) is 6.17 Å². The van der Waals surface area contributed by atoms with E-state index in [-0.39, 0.29) is 6.17 Å². The second-order valence-electron chi connectivity index (χ2n) is 5.10. The molecule has 0 spiro atoms. The predicted molar refractivity (Wildman–Crippen MR) is 66.1 cm³/mol. The molecule has 1 unspecified atom stereocenters. The van der Waals surface area contributed by atoms with Gasteiger partial charge in [-0.2, -0.15) is 0 Å². The molecule has 0 aromatic heterocycles. The van der Waals surface area contributed by atoms with Crippen molar-refractivity contribution in [3.05, 3.63) is 0 Å². The van der Waals surface area contributed by atoms with Crippen LogP contribution in [0.5, 0.6) is 0 Å². The van der Waals surface area contributed by atoms with Gasteiger partial charge in [0.15, 0.2) is 0 Å². The van der Waals surface area contributed by atoms with Gasteiger partial charge in [0.25, 0.3) is 0 Å². The zero-order chi connectivity index (χ0) is 12.6. The Kier molecular flexibility index (Phi) is 7.13. The van der Waals surface area contributed by atoms with E-state index < -0.39 is 11.7 Å². The lowest BCUT2D eigenvalue weighted by Gasteiger charge is -2.21. The minimum absolute atomic E-state index is 0.299. The largest absolute Gasteiger partial charge is 0.444 e. The highest BCUT2D eigenvalue weighted by atomic mass is 16.6. The summed E-state index contributed by atoms with van der Waals surface area (Å²) < 4.78 is 5.11. The second-order valence-corrected chi connectivity index (χ2v) is 5.10. The summed E-state index contributed by atoms with van der Waals surface area (Å²) in [6.45, 7) is 7.66. The molecular weight excluding hydrogens is 204 g/mol. The molecule has 0 bridgehead atoms. The number of nitrogens with one attached hydrogen (secondary N) is 1. The molecule has 3 N–H and O–H groups in total. The van der Waals surface area contributed by atoms with Crippen LogP contribution < -0.4 is 11.1 Å². The lowest BCUT2D eigenvalue weighted by molar-refractivity contribution is 0.0503. The molecule has 0 fully saturated rings. The molecule has 0 aromatic rings. The fraction of sp³-hybridized carbons (Fsp3) is 0.917. The molecule has 0 aliphatic heterocycles. The SMILES string of the molecule is CCCCCCC(N)NC(=O)OC(C)(C)C. The second kappa shape index (κ2) is 7.49. The Morgan fingerprint density at radius 3 is 2.44 bits per heavy atom. The van der Waals surface area contributed by atoms with Gasteiger partial charge >= 0.3 is 6.09 Å². The summed E-state index contributed by atoms with van der Waals surface area (Å²) in [5.74, 6) is 0. The number of carbonyl (C=O) groups is 1. The lowest BCUT2D eigenvalue weighted by atomic mass is 10.1. The highest BCUT2D eigenvalue weighted by Gasteiger charge is 2.17. The van der Waals surface area contributed by atoms with E-state index in [9.17, 15) is 4.79 Å². The number of unbranched alkanes of at least 4 members (excludes halogenated alkanes) is 3. The number of carbonyl (C=O) groups excluding carboxylic acids is 1. The van der Waals surface area contributed by atoms with Gasteiger partial charge in [0, 0.05) is 0 Å². The molecule has 0 heterocycles. The van der Waals surface area contributed by atoms with Gasteiger partial charge in [-0.05, 0) is 27.2 Å². The van der Waals surface area contributed by atoms with E-state index in [0.29, 0.717) is 0 Å². The topological polar surface area (TPSA) is 64.3 Å². The minimum Gasteiger partial charge on any atom is -0.444 e. The van der Waals surface area contributed by atoms with Crippen molar-refractivity contribution >= 4 is 6.09 Å². The van der Waals surface area contributed by atoms with Crippen molar-refractivity contribution in [2.24, 2.45) is 5.73 Å². The maximum Gasteiger partial charge on any atom is 0.408 e. The molecule has 0 rings (SSSR count). The predicted octanol–water partition coefficient (Wildman–Crippen LogP) is 2.77. The summed E-state index contributed by atoms with van der Waals surface area (Å²) in [7, 11) is 0. The molecule has 0 aromatic carbocycles. The number of hydrogen-bond acceptors (Lipinski definition) is 3. The highest BCUT2D eigenvalue weighted by molar-refractivity contribution is 5.67. The normalized spacial score (nSPS) is 13.3. The minimum atomic E-state index is -0.466. The van der Waals surface area contributed by atoms with E-state index in [2.05, 4.69) is 12.2 Å². The molecule has 16 heavy (non-hydrogen) atoms. The van der Waals surface area contributed by atoms with E-state index in [1.165, 1.54) is 19.3 Å². The van der Waals surface area contributed by atoms with Crippen LogP contribution in [0.4, 0.5) is 4.79 Å². The van der Waals surface area contributed by atoms with E-state index in [0.717, 1.165) is 12.8 Å². The van der Waals surface area contributed by atoms with Crippen LogP contribution in [-0.2, 0) is 4.74 Å². The number of alkyl carbamates (subject to hydrolysis) is 1. The van der Waals surface area contributed by atoms with Gasteiger partial charge in [-0.1, -0.05) is 32.6 Å². The van der Waals surface area contributed by atoms with Crippen LogP contribution in [0, 0.1) is 0 Å². The first-order valence-corrected chi connectivity index (χ1v) is 6.10. The summed E-state index contributed by atoms with van der Waals surface area (Å²) in [6, 6.07) is 0. The average molecular weight is 230 g/mol. The summed E-state index contributed by atoms with van der Waals surface area (Å²) in [4.78, 5) is 11.3. The van der Waals surface area contributed by atoms with Crippen LogP contribution in [0.3, 0.4) is 0 Å². The summed E-state index contributed by atoms with van der Waals surface area (Å²) >= 11 is 0. The third-order valence-electron chi connectivity index (χ3n) is 2.07. The summed E-state index contributed by atoms with van der Waals surface area (Å²) in [5, 5.41) is 2.63. The van der Waals surface area contributed by atoms with Crippen molar-refractivity contribution in [1.29, 1.82) is 0 Å². The first-order valence-electron chi connectivity index (χ1n) is 6.10. The Hall–Kier alpha value is -0.770. The number of amides is 1. The number of nitrogens with two attached hydrogens (primary N) is 1. The fourth-order valence-corrected chi connectivity index (χ4v) is 1.32. The molecule has 4 heteroatoms. The van der Waals surface area contributed by atoms with Gasteiger partial charge in [0.1, 0.15) is 5.60 Å². The van der Waals surface area contributed by atoms with Crippen molar-refractivity contribution in [3.63, 3.8) is 0 Å². The van der Waals surface area contributed by atoms with Crippen LogP contribution in [0.15, 0.2) is 0 Å². The Bertz CT molecular complexity index is 200. The summed E-state index contributed by atoms with van der Waals surface area (Å²) in [6.07, 6.45) is 4.71. The van der Waals surface area contributed by atoms with Crippen LogP contribution in [-0.4, -0.2) is 17.9 Å². The molecule has 96 valence electrons. The molecule has 0 aliphatic carbocycles. The molecule has 0 saturated heterocycles. The Labute approximate surface area is 98.9 Å². The fourth-order valence-electron chi connectivity index (χ4n) is 1.32. The molecule has 4 nitrogen and oxygen atoms in total. The van der Waals surface area contributed by atoms with Crippen LogP contribution in [0.25, 0.3) is 0 Å². The molecular formula is C12H26N2O2. The van der Waals surface area contributed by atoms with Crippen molar-refractivity contribution in [1.82, 2.24) is 5.32 Å². The van der Waals surface area contributed by atoms with Crippen molar-refractivity contribution in [3.8, 4) is 0 Å². The Morgan fingerprint density at radius 1 is 1.31 bits per heavy atom. The van der Waals surface area contributed by atoms with Gasteiger partial charge in [0.2, 0.25) is 0 Å². The quantitative estimate of drug-likeness (QED) is 0.544. The van der Waals surface area contributed by atoms with Crippen LogP contribution in [0.2, 0.25) is 0 Å². The van der Waals surface area contributed by atoms with E-state index in [1.54, 1.807) is 0 Å². The zero-order valence-electron chi connectivity index (χ0n) is 11.0. The molecule has 0 aliphatic rings. The lowest BCUT2D eigenvalue weighted by Crippen LogP contribution is -2.44. The zero-order valence-corrected chi connectivity index (χ0v) is 11.0. The van der Waals surface area contributed by atoms with Crippen LogP contribution >= 0.6 is 0 Å². The maximum atomic E-state index is 11.3. The van der Waals surface area contributed by atoms with Crippen molar-refractivity contribution in [2.75, 3.05) is 0 Å². The third-order valence-corrected chi connectivity index (χ3v) is 2.07. The van der Waals surface area contributed by atoms with Crippen LogP contribution in [0.1, 0.15) is 59.8 Å². The first kappa shape index (κ1) is 15.2. The molecule has 0 saturated carbocycles.